The maximum absolute atomic E-state index is 2.44. The molecule has 13 heavy (non-hydrogen) atoms. The summed E-state index contributed by atoms with van der Waals surface area (Å²) in [7, 11) is 2.44. The first kappa shape index (κ1) is 11.0. The van der Waals surface area contributed by atoms with Gasteiger partial charge in [0.2, 0.25) is 0 Å². The number of quaternary nitrogens is 1. The molecule has 0 radical (unpaired) electrons. The molecule has 78 valence electrons. The van der Waals surface area contributed by atoms with Crippen molar-refractivity contribution in [3.8, 4) is 0 Å². The summed E-state index contributed by atoms with van der Waals surface area (Å²) < 4.78 is 1.30. The van der Waals surface area contributed by atoms with E-state index in [4.69, 9.17) is 0 Å². The van der Waals surface area contributed by atoms with E-state index < -0.39 is 0 Å². The van der Waals surface area contributed by atoms with Crippen molar-refractivity contribution in [3.63, 3.8) is 0 Å². The summed E-state index contributed by atoms with van der Waals surface area (Å²) >= 11 is 0. The van der Waals surface area contributed by atoms with Gasteiger partial charge in [0.05, 0.1) is 26.2 Å². The normalized spacial score (nSPS) is 46.4. The second-order valence-electron chi connectivity index (χ2n) is 5.44. The van der Waals surface area contributed by atoms with Crippen LogP contribution < -0.4 is 0 Å². The van der Waals surface area contributed by atoms with E-state index in [-0.39, 0.29) is 0 Å². The van der Waals surface area contributed by atoms with Crippen LogP contribution in [0, 0.1) is 11.8 Å². The van der Waals surface area contributed by atoms with Gasteiger partial charge in [0.25, 0.3) is 0 Å². The first-order valence-electron chi connectivity index (χ1n) is 5.84. The van der Waals surface area contributed by atoms with Crippen LogP contribution in [0.3, 0.4) is 0 Å². The minimum Gasteiger partial charge on any atom is -0.323 e. The zero-order chi connectivity index (χ0) is 10.1. The molecular weight excluding hydrogens is 158 g/mol. The highest BCUT2D eigenvalue weighted by Gasteiger charge is 2.38. The molecular formula is C12H26N+. The van der Waals surface area contributed by atoms with E-state index in [0.717, 1.165) is 17.9 Å². The van der Waals surface area contributed by atoms with Crippen LogP contribution >= 0.6 is 0 Å². The molecule has 0 amide bonds. The number of hydrogen-bond donors (Lipinski definition) is 0. The van der Waals surface area contributed by atoms with Crippen molar-refractivity contribution >= 4 is 0 Å². The first-order chi connectivity index (χ1) is 5.99. The molecule has 1 fully saturated rings. The molecule has 0 spiro atoms. The number of hydrogen-bond acceptors (Lipinski definition) is 0. The minimum absolute atomic E-state index is 0.858. The van der Waals surface area contributed by atoms with Crippen LogP contribution in [0.5, 0.6) is 0 Å². The molecule has 0 aromatic heterocycles. The van der Waals surface area contributed by atoms with Crippen molar-refractivity contribution < 1.29 is 4.48 Å². The largest absolute Gasteiger partial charge is 0.323 e. The lowest BCUT2D eigenvalue weighted by Gasteiger charge is -2.48. The van der Waals surface area contributed by atoms with E-state index in [0.29, 0.717) is 0 Å². The number of nitrogens with zero attached hydrogens (tertiary/aromatic N) is 1. The second kappa shape index (κ2) is 4.00. The molecule has 0 N–H and O–H groups in total. The Kier molecular flexibility index (Phi) is 3.39. The van der Waals surface area contributed by atoms with Crippen molar-refractivity contribution in [1.29, 1.82) is 0 Å². The van der Waals surface area contributed by atoms with Crippen LogP contribution in [-0.2, 0) is 0 Å². The first-order valence-corrected chi connectivity index (χ1v) is 5.84. The Bertz CT molecular complexity index is 167. The molecule has 0 bridgehead atoms. The van der Waals surface area contributed by atoms with Gasteiger partial charge in [-0.15, -0.1) is 0 Å². The number of piperidine rings is 1. The van der Waals surface area contributed by atoms with Gasteiger partial charge >= 0.3 is 0 Å². The van der Waals surface area contributed by atoms with Crippen LogP contribution in [0.2, 0.25) is 0 Å². The van der Waals surface area contributed by atoms with E-state index in [1.807, 2.05) is 0 Å². The highest BCUT2D eigenvalue weighted by Crippen LogP contribution is 2.31. The molecule has 0 aliphatic carbocycles. The lowest BCUT2D eigenvalue weighted by Crippen LogP contribution is -2.59. The Hall–Kier alpha value is -0.0400. The quantitative estimate of drug-likeness (QED) is 0.579. The third-order valence-electron chi connectivity index (χ3n) is 4.04. The zero-order valence-corrected chi connectivity index (χ0v) is 10.0. The molecule has 0 saturated carbocycles. The SMILES string of the molecule is CCC[N+]1(C)CC(C)CC(C)C1C. The maximum Gasteiger partial charge on any atom is 0.0885 e. The Labute approximate surface area is 83.7 Å². The fourth-order valence-corrected chi connectivity index (χ4v) is 3.20. The predicted molar refractivity (Wildman–Crippen MR) is 58.6 cm³/mol. The van der Waals surface area contributed by atoms with Crippen molar-refractivity contribution in [3.05, 3.63) is 0 Å². The van der Waals surface area contributed by atoms with Crippen LogP contribution in [0.1, 0.15) is 40.5 Å². The van der Waals surface area contributed by atoms with Crippen molar-refractivity contribution in [1.82, 2.24) is 0 Å². The Balaban J connectivity index is 2.69. The third-order valence-corrected chi connectivity index (χ3v) is 4.04. The van der Waals surface area contributed by atoms with Crippen molar-refractivity contribution in [2.24, 2.45) is 11.8 Å². The van der Waals surface area contributed by atoms with Gasteiger partial charge in [-0.05, 0) is 19.8 Å². The van der Waals surface area contributed by atoms with Gasteiger partial charge in [0.15, 0.2) is 0 Å². The molecule has 1 saturated heterocycles. The summed E-state index contributed by atoms with van der Waals surface area (Å²) in [6.45, 7) is 12.3. The maximum atomic E-state index is 2.44. The number of likely N-dealkylation sites (tertiary alicyclic amines) is 1. The predicted octanol–water partition coefficient (Wildman–Crippen LogP) is 2.91. The molecule has 1 rings (SSSR count). The minimum atomic E-state index is 0.858. The van der Waals surface area contributed by atoms with Crippen LogP contribution in [0.25, 0.3) is 0 Å². The summed E-state index contributed by atoms with van der Waals surface area (Å²) in [6, 6.07) is 0.858. The molecule has 0 aromatic rings. The lowest BCUT2D eigenvalue weighted by molar-refractivity contribution is -0.943. The van der Waals surface area contributed by atoms with E-state index in [1.165, 1.54) is 30.4 Å². The average molecular weight is 184 g/mol. The van der Waals surface area contributed by atoms with E-state index in [9.17, 15) is 0 Å². The Morgan fingerprint density at radius 3 is 2.38 bits per heavy atom. The second-order valence-corrected chi connectivity index (χ2v) is 5.44. The highest BCUT2D eigenvalue weighted by atomic mass is 15.4. The molecule has 0 aromatic carbocycles. The van der Waals surface area contributed by atoms with Gasteiger partial charge in [0, 0.05) is 11.8 Å². The van der Waals surface area contributed by atoms with Crippen LogP contribution in [-0.4, -0.2) is 30.7 Å². The Morgan fingerprint density at radius 2 is 1.85 bits per heavy atom. The molecule has 1 heterocycles. The van der Waals surface area contributed by atoms with E-state index >= 15 is 0 Å². The van der Waals surface area contributed by atoms with Gasteiger partial charge in [-0.1, -0.05) is 20.8 Å². The van der Waals surface area contributed by atoms with Gasteiger partial charge in [-0.3, -0.25) is 0 Å². The molecule has 1 aliphatic heterocycles. The molecule has 4 unspecified atom stereocenters. The molecule has 4 atom stereocenters. The summed E-state index contributed by atoms with van der Waals surface area (Å²) in [5.74, 6) is 1.82. The summed E-state index contributed by atoms with van der Waals surface area (Å²) in [4.78, 5) is 0. The summed E-state index contributed by atoms with van der Waals surface area (Å²) in [5.41, 5.74) is 0. The number of rotatable bonds is 2. The topological polar surface area (TPSA) is 0 Å². The fraction of sp³-hybridized carbons (Fsp3) is 1.00. The third kappa shape index (κ3) is 2.25. The van der Waals surface area contributed by atoms with Crippen molar-refractivity contribution in [2.45, 2.75) is 46.6 Å². The summed E-state index contributed by atoms with van der Waals surface area (Å²) in [5, 5.41) is 0. The molecule has 1 nitrogen and oxygen atoms in total. The van der Waals surface area contributed by atoms with Gasteiger partial charge in [-0.25, -0.2) is 0 Å². The van der Waals surface area contributed by atoms with E-state index in [1.54, 1.807) is 0 Å². The van der Waals surface area contributed by atoms with E-state index in [2.05, 4.69) is 34.7 Å². The highest BCUT2D eigenvalue weighted by molar-refractivity contribution is 4.72. The smallest absolute Gasteiger partial charge is 0.0885 e. The standard InChI is InChI=1S/C12H26N/c1-6-7-13(5)9-10(2)8-11(3)12(13)4/h10-12H,6-9H2,1-5H3/q+1. The Morgan fingerprint density at radius 1 is 1.23 bits per heavy atom. The fourth-order valence-electron chi connectivity index (χ4n) is 3.20. The van der Waals surface area contributed by atoms with Crippen molar-refractivity contribution in [2.75, 3.05) is 20.1 Å². The molecule has 1 heteroatoms. The average Bonchev–Trinajstić information content (AvgIpc) is 2.00. The van der Waals surface area contributed by atoms with Gasteiger partial charge in [0.1, 0.15) is 0 Å². The van der Waals surface area contributed by atoms with Gasteiger partial charge in [-0.2, -0.15) is 0 Å². The lowest BCUT2D eigenvalue weighted by atomic mass is 9.84. The van der Waals surface area contributed by atoms with Crippen LogP contribution in [0.4, 0.5) is 0 Å². The zero-order valence-electron chi connectivity index (χ0n) is 10.0. The van der Waals surface area contributed by atoms with Gasteiger partial charge < -0.3 is 4.48 Å². The van der Waals surface area contributed by atoms with Crippen LogP contribution in [0.15, 0.2) is 0 Å². The summed E-state index contributed by atoms with van der Waals surface area (Å²) in [6.07, 6.45) is 2.75. The molecule has 1 aliphatic rings. The monoisotopic (exact) mass is 184 g/mol.